The lowest BCUT2D eigenvalue weighted by Crippen LogP contribution is -2.58. The molecule has 0 aliphatic heterocycles. The second kappa shape index (κ2) is 11.2. The van der Waals surface area contributed by atoms with Gasteiger partial charge in [0.05, 0.1) is 20.8 Å². The van der Waals surface area contributed by atoms with Crippen LogP contribution < -0.4 is 37.5 Å². The normalized spacial score (nSPS) is 13.8. The van der Waals surface area contributed by atoms with Gasteiger partial charge in [-0.05, 0) is 37.5 Å². The molecule has 9 N–H and O–H groups in total. The fourth-order valence-corrected chi connectivity index (χ4v) is 2.58. The minimum atomic E-state index is -2.03. The third-order valence-corrected chi connectivity index (χ3v) is 4.38. The number of hydrazine groups is 1. The average molecular weight is 410 g/mol. The van der Waals surface area contributed by atoms with Crippen LogP contribution in [0.5, 0.6) is 11.5 Å². The molecule has 0 saturated carbocycles. The summed E-state index contributed by atoms with van der Waals surface area (Å²) in [4.78, 5) is 27.7. The standard InChI is InChI=1S/C18H30N6O5/c1-11(12-5-6-13(28-2)14(9-12)29-3)24-23-10-15(25)18(21,16(26)27)7-4-8-22-17(19)20/h5-6,9,11,23-24H,4,7-8,10,21H2,1-3H3,(H,26,27)(H4,19,20,22). The summed E-state index contributed by atoms with van der Waals surface area (Å²) in [6, 6.07) is 5.20. The summed E-state index contributed by atoms with van der Waals surface area (Å²) < 4.78 is 10.5. The van der Waals surface area contributed by atoms with Crippen molar-refractivity contribution in [2.24, 2.45) is 22.2 Å². The second-order valence-electron chi connectivity index (χ2n) is 6.44. The molecule has 162 valence electrons. The summed E-state index contributed by atoms with van der Waals surface area (Å²) in [6.07, 6.45) is 0.159. The van der Waals surface area contributed by atoms with E-state index < -0.39 is 17.3 Å². The number of carbonyl (C=O) groups is 2. The molecule has 1 aromatic carbocycles. The topological polar surface area (TPSA) is 187 Å². The Morgan fingerprint density at radius 2 is 1.90 bits per heavy atom. The molecule has 29 heavy (non-hydrogen) atoms. The number of ether oxygens (including phenoxy) is 2. The smallest absolute Gasteiger partial charge is 0.331 e. The van der Waals surface area contributed by atoms with Gasteiger partial charge in [-0.3, -0.25) is 15.2 Å². The van der Waals surface area contributed by atoms with Crippen molar-refractivity contribution in [1.29, 1.82) is 0 Å². The van der Waals surface area contributed by atoms with Crippen LogP contribution >= 0.6 is 0 Å². The van der Waals surface area contributed by atoms with E-state index in [0.29, 0.717) is 11.5 Å². The predicted octanol–water partition coefficient (Wildman–Crippen LogP) is -0.736. The molecule has 0 fully saturated rings. The molecule has 0 bridgehead atoms. The highest BCUT2D eigenvalue weighted by molar-refractivity contribution is 6.08. The lowest BCUT2D eigenvalue weighted by atomic mass is 9.89. The van der Waals surface area contributed by atoms with Gasteiger partial charge in [-0.1, -0.05) is 6.07 Å². The van der Waals surface area contributed by atoms with Gasteiger partial charge in [-0.2, -0.15) is 0 Å². The molecule has 0 amide bonds. The number of nitrogens with zero attached hydrogens (tertiary/aromatic N) is 1. The number of methoxy groups -OCH3 is 2. The number of aliphatic imine (C=N–C) groups is 1. The van der Waals surface area contributed by atoms with Crippen molar-refractivity contribution >= 4 is 17.7 Å². The average Bonchev–Trinajstić information content (AvgIpc) is 2.69. The number of hydrogen-bond acceptors (Lipinski definition) is 8. The molecule has 1 aromatic rings. The van der Waals surface area contributed by atoms with Gasteiger partial charge in [-0.25, -0.2) is 10.2 Å². The maximum absolute atomic E-state index is 12.4. The molecule has 11 heteroatoms. The first-order chi connectivity index (χ1) is 13.7. The molecule has 2 atom stereocenters. The monoisotopic (exact) mass is 410 g/mol. The zero-order valence-corrected chi connectivity index (χ0v) is 16.9. The van der Waals surface area contributed by atoms with Gasteiger partial charge in [0.15, 0.2) is 28.8 Å². The van der Waals surface area contributed by atoms with Gasteiger partial charge in [0, 0.05) is 12.6 Å². The van der Waals surface area contributed by atoms with Crippen molar-refractivity contribution in [3.63, 3.8) is 0 Å². The van der Waals surface area contributed by atoms with Crippen LogP contribution in [0.25, 0.3) is 0 Å². The maximum atomic E-state index is 12.4. The Balaban J connectivity index is 2.64. The Labute approximate surface area is 169 Å². The van der Waals surface area contributed by atoms with E-state index in [0.717, 1.165) is 5.56 Å². The van der Waals surface area contributed by atoms with Crippen molar-refractivity contribution in [2.75, 3.05) is 27.3 Å². The molecule has 0 aromatic heterocycles. The fraction of sp³-hybridized carbons (Fsp3) is 0.500. The van der Waals surface area contributed by atoms with Gasteiger partial charge in [0.25, 0.3) is 0 Å². The van der Waals surface area contributed by atoms with E-state index in [9.17, 15) is 14.7 Å². The van der Waals surface area contributed by atoms with Crippen LogP contribution in [0.1, 0.15) is 31.4 Å². The molecular formula is C18H30N6O5. The van der Waals surface area contributed by atoms with Crippen LogP contribution in [0, 0.1) is 0 Å². The van der Waals surface area contributed by atoms with Gasteiger partial charge in [0.2, 0.25) is 0 Å². The number of hydrogen-bond donors (Lipinski definition) is 6. The van der Waals surface area contributed by atoms with Crippen LogP contribution in [0.2, 0.25) is 0 Å². The molecule has 0 saturated heterocycles. The lowest BCUT2D eigenvalue weighted by molar-refractivity contribution is -0.148. The van der Waals surface area contributed by atoms with Crippen LogP contribution in [0.4, 0.5) is 0 Å². The Kier molecular flexibility index (Phi) is 9.32. The molecular weight excluding hydrogens is 380 g/mol. The number of aliphatic carboxylic acids is 1. The molecule has 0 aliphatic carbocycles. The highest BCUT2D eigenvalue weighted by Gasteiger charge is 2.40. The number of nitrogens with two attached hydrogens (primary N) is 3. The summed E-state index contributed by atoms with van der Waals surface area (Å²) in [6.45, 7) is 1.77. The number of carboxylic acid groups (broad SMARTS) is 1. The van der Waals surface area contributed by atoms with E-state index in [1.54, 1.807) is 19.2 Å². The van der Waals surface area contributed by atoms with Gasteiger partial charge in [-0.15, -0.1) is 0 Å². The molecule has 2 unspecified atom stereocenters. The number of carboxylic acids is 1. The Morgan fingerprint density at radius 3 is 2.45 bits per heavy atom. The largest absolute Gasteiger partial charge is 0.493 e. The van der Waals surface area contributed by atoms with E-state index in [1.807, 2.05) is 13.0 Å². The first-order valence-corrected chi connectivity index (χ1v) is 8.97. The molecule has 0 radical (unpaired) electrons. The van der Waals surface area contributed by atoms with E-state index in [4.69, 9.17) is 26.7 Å². The molecule has 0 spiro atoms. The van der Waals surface area contributed by atoms with Crippen LogP contribution in [0.3, 0.4) is 0 Å². The quantitative estimate of drug-likeness (QED) is 0.0795. The van der Waals surface area contributed by atoms with E-state index in [2.05, 4.69) is 15.8 Å². The zero-order chi connectivity index (χ0) is 22.0. The number of benzene rings is 1. The van der Waals surface area contributed by atoms with Crippen LogP contribution in [0.15, 0.2) is 23.2 Å². The van der Waals surface area contributed by atoms with Crippen molar-refractivity contribution in [3.05, 3.63) is 23.8 Å². The maximum Gasteiger partial charge on any atom is 0.331 e. The highest BCUT2D eigenvalue weighted by atomic mass is 16.5. The zero-order valence-electron chi connectivity index (χ0n) is 16.9. The number of carbonyl (C=O) groups excluding carboxylic acids is 1. The van der Waals surface area contributed by atoms with Crippen molar-refractivity contribution < 1.29 is 24.2 Å². The number of Topliss-reactive ketones (excluding diaryl/α,β-unsaturated/α-hetero) is 1. The Hall–Kier alpha value is -2.89. The summed E-state index contributed by atoms with van der Waals surface area (Å²) in [7, 11) is 3.09. The van der Waals surface area contributed by atoms with Crippen molar-refractivity contribution in [3.8, 4) is 11.5 Å². The molecule has 11 nitrogen and oxygen atoms in total. The van der Waals surface area contributed by atoms with Gasteiger partial charge >= 0.3 is 5.97 Å². The molecule has 0 heterocycles. The summed E-state index contributed by atoms with van der Waals surface area (Å²) in [5.41, 5.74) is 20.8. The summed E-state index contributed by atoms with van der Waals surface area (Å²) >= 11 is 0. The highest BCUT2D eigenvalue weighted by Crippen LogP contribution is 2.29. The SMILES string of the molecule is COc1ccc(C(C)NNCC(=O)C(N)(CCCN=C(N)N)C(=O)O)cc1OC. The molecule has 1 rings (SSSR count). The minimum absolute atomic E-state index is 0.0924. The predicted molar refractivity (Wildman–Crippen MR) is 109 cm³/mol. The van der Waals surface area contributed by atoms with Crippen LogP contribution in [-0.4, -0.2) is 55.7 Å². The van der Waals surface area contributed by atoms with E-state index >= 15 is 0 Å². The number of guanidine groups is 1. The fourth-order valence-electron chi connectivity index (χ4n) is 2.58. The minimum Gasteiger partial charge on any atom is -0.493 e. The summed E-state index contributed by atoms with van der Waals surface area (Å²) in [5.74, 6) is -1.00. The third-order valence-electron chi connectivity index (χ3n) is 4.38. The first kappa shape index (κ1) is 24.1. The van der Waals surface area contributed by atoms with E-state index in [1.165, 1.54) is 7.11 Å². The van der Waals surface area contributed by atoms with E-state index in [-0.39, 0.29) is 37.9 Å². The third kappa shape index (κ3) is 6.89. The Bertz CT molecular complexity index is 737. The number of nitrogens with one attached hydrogen (secondary N) is 2. The molecule has 0 aliphatic rings. The van der Waals surface area contributed by atoms with Gasteiger partial charge in [0.1, 0.15) is 0 Å². The van der Waals surface area contributed by atoms with Crippen LogP contribution in [-0.2, 0) is 9.59 Å². The lowest BCUT2D eigenvalue weighted by Gasteiger charge is -2.24. The summed E-state index contributed by atoms with van der Waals surface area (Å²) in [5, 5.41) is 9.40. The number of rotatable bonds is 13. The van der Waals surface area contributed by atoms with Crippen molar-refractivity contribution in [2.45, 2.75) is 31.3 Å². The van der Waals surface area contributed by atoms with Crippen molar-refractivity contribution in [1.82, 2.24) is 10.9 Å². The Morgan fingerprint density at radius 1 is 1.24 bits per heavy atom. The second-order valence-corrected chi connectivity index (χ2v) is 6.44. The first-order valence-electron chi connectivity index (χ1n) is 8.97. The number of ketones is 1. The van der Waals surface area contributed by atoms with Gasteiger partial charge < -0.3 is 31.8 Å².